The molecule has 0 radical (unpaired) electrons. The number of hydrogen-bond acceptors (Lipinski definition) is 4. The third kappa shape index (κ3) is 1.36. The summed E-state index contributed by atoms with van der Waals surface area (Å²) in [5.41, 5.74) is 7.49. The number of hydroxylamine groups is 3. The molecule has 5 nitrogen and oxygen atoms in total. The average Bonchev–Trinajstić information content (AvgIpc) is 2.75. The first kappa shape index (κ1) is 11.2. The monoisotopic (exact) mass is 224 g/mol. The molecular formula is C11H18N3O2+. The Bertz CT molecular complexity index is 409. The van der Waals surface area contributed by atoms with Gasteiger partial charge in [0.2, 0.25) is 0 Å². The summed E-state index contributed by atoms with van der Waals surface area (Å²) >= 11 is 0. The Kier molecular flexibility index (Phi) is 2.53. The Morgan fingerprint density at radius 1 is 1.62 bits per heavy atom. The van der Waals surface area contributed by atoms with Crippen LogP contribution in [0.3, 0.4) is 0 Å². The van der Waals surface area contributed by atoms with E-state index in [1.807, 2.05) is 31.0 Å². The zero-order chi connectivity index (χ0) is 11.9. The standard InChI is InChI=1S/C11H18N3O2/c1-8-9(7-12)14(3,15)11(13(8)2)10-5-4-6-16-10/h4-6,11,15H,7,12H2,1-3H3/q+1. The molecule has 1 aliphatic rings. The maximum atomic E-state index is 10.5. The van der Waals surface area contributed by atoms with Gasteiger partial charge in [0.15, 0.2) is 11.5 Å². The van der Waals surface area contributed by atoms with E-state index in [4.69, 9.17) is 10.2 Å². The van der Waals surface area contributed by atoms with Crippen LogP contribution in [0.5, 0.6) is 0 Å². The predicted octanol–water partition coefficient (Wildman–Crippen LogP) is 1.25. The lowest BCUT2D eigenvalue weighted by molar-refractivity contribution is -1.08. The predicted molar refractivity (Wildman–Crippen MR) is 58.9 cm³/mol. The number of allylic oxidation sites excluding steroid dienone is 1. The molecule has 0 saturated heterocycles. The molecule has 3 N–H and O–H groups in total. The normalized spacial score (nSPS) is 30.3. The topological polar surface area (TPSA) is 62.6 Å². The zero-order valence-corrected chi connectivity index (χ0v) is 9.84. The molecule has 88 valence electrons. The van der Waals surface area contributed by atoms with Gasteiger partial charge in [0.1, 0.15) is 7.05 Å². The fraction of sp³-hybridized carbons (Fsp3) is 0.455. The van der Waals surface area contributed by atoms with Crippen molar-refractivity contribution in [1.29, 1.82) is 0 Å². The van der Waals surface area contributed by atoms with E-state index in [1.54, 1.807) is 13.3 Å². The number of nitrogens with zero attached hydrogens (tertiary/aromatic N) is 2. The van der Waals surface area contributed by atoms with Gasteiger partial charge in [-0.3, -0.25) is 0 Å². The Hall–Kier alpha value is -1.30. The molecule has 0 fully saturated rings. The van der Waals surface area contributed by atoms with E-state index in [-0.39, 0.29) is 10.8 Å². The van der Waals surface area contributed by atoms with Crippen molar-refractivity contribution >= 4 is 0 Å². The maximum Gasteiger partial charge on any atom is 0.258 e. The molecule has 2 rings (SSSR count). The van der Waals surface area contributed by atoms with Crippen molar-refractivity contribution in [1.82, 2.24) is 4.90 Å². The highest BCUT2D eigenvalue weighted by molar-refractivity contribution is 5.15. The fourth-order valence-corrected chi connectivity index (χ4v) is 2.41. The van der Waals surface area contributed by atoms with Crippen LogP contribution in [0, 0.1) is 0 Å². The van der Waals surface area contributed by atoms with Crippen LogP contribution < -0.4 is 5.73 Å². The molecule has 1 aliphatic heterocycles. The van der Waals surface area contributed by atoms with Crippen LogP contribution in [0.15, 0.2) is 34.2 Å². The number of nitrogens with two attached hydrogens (primary N) is 1. The number of furan rings is 1. The SMILES string of the molecule is CC1=C(CN)[N+](C)(O)C(c2ccco2)N1C. The van der Waals surface area contributed by atoms with Crippen LogP contribution in [0.2, 0.25) is 0 Å². The van der Waals surface area contributed by atoms with Gasteiger partial charge in [-0.25, -0.2) is 5.21 Å². The molecule has 2 atom stereocenters. The summed E-state index contributed by atoms with van der Waals surface area (Å²) in [6, 6.07) is 3.68. The molecule has 16 heavy (non-hydrogen) atoms. The van der Waals surface area contributed by atoms with Crippen molar-refractivity contribution in [2.24, 2.45) is 5.73 Å². The number of quaternary nitrogens is 1. The Morgan fingerprint density at radius 3 is 2.75 bits per heavy atom. The van der Waals surface area contributed by atoms with Crippen LogP contribution in [-0.2, 0) is 0 Å². The Morgan fingerprint density at radius 2 is 2.31 bits per heavy atom. The van der Waals surface area contributed by atoms with Gasteiger partial charge in [0.05, 0.1) is 18.5 Å². The number of hydrogen-bond donors (Lipinski definition) is 2. The van der Waals surface area contributed by atoms with Gasteiger partial charge >= 0.3 is 0 Å². The third-order valence-electron chi connectivity index (χ3n) is 3.33. The van der Waals surface area contributed by atoms with Crippen molar-refractivity contribution < 1.29 is 14.3 Å². The van der Waals surface area contributed by atoms with Crippen molar-refractivity contribution in [3.05, 3.63) is 35.6 Å². The maximum absolute atomic E-state index is 10.5. The summed E-state index contributed by atoms with van der Waals surface area (Å²) in [6.45, 7) is 2.29. The summed E-state index contributed by atoms with van der Waals surface area (Å²) in [5.74, 6) is 0.732. The minimum Gasteiger partial charge on any atom is -0.461 e. The first-order valence-electron chi connectivity index (χ1n) is 5.25. The van der Waals surface area contributed by atoms with E-state index in [0.29, 0.717) is 6.54 Å². The largest absolute Gasteiger partial charge is 0.461 e. The second-order valence-electron chi connectivity index (χ2n) is 4.26. The Labute approximate surface area is 94.9 Å². The lowest BCUT2D eigenvalue weighted by atomic mass is 10.3. The highest BCUT2D eigenvalue weighted by Gasteiger charge is 2.49. The fourth-order valence-electron chi connectivity index (χ4n) is 2.41. The van der Waals surface area contributed by atoms with Crippen LogP contribution in [-0.4, -0.2) is 35.4 Å². The van der Waals surface area contributed by atoms with Gasteiger partial charge in [-0.2, -0.15) is 0 Å². The van der Waals surface area contributed by atoms with E-state index >= 15 is 0 Å². The zero-order valence-electron chi connectivity index (χ0n) is 9.84. The highest BCUT2D eigenvalue weighted by Crippen LogP contribution is 2.41. The van der Waals surface area contributed by atoms with Crippen LogP contribution in [0.25, 0.3) is 0 Å². The van der Waals surface area contributed by atoms with Gasteiger partial charge in [-0.15, -0.1) is 4.65 Å². The summed E-state index contributed by atoms with van der Waals surface area (Å²) < 4.78 is 5.12. The van der Waals surface area contributed by atoms with Crippen molar-refractivity contribution in [2.75, 3.05) is 20.6 Å². The van der Waals surface area contributed by atoms with E-state index in [2.05, 4.69) is 0 Å². The van der Waals surface area contributed by atoms with Gasteiger partial charge < -0.3 is 15.1 Å². The molecule has 0 spiro atoms. The molecule has 1 aromatic heterocycles. The van der Waals surface area contributed by atoms with Crippen LogP contribution >= 0.6 is 0 Å². The summed E-state index contributed by atoms with van der Waals surface area (Å²) in [7, 11) is 3.65. The van der Waals surface area contributed by atoms with E-state index in [0.717, 1.165) is 17.2 Å². The van der Waals surface area contributed by atoms with E-state index < -0.39 is 0 Å². The average molecular weight is 224 g/mol. The van der Waals surface area contributed by atoms with Crippen LogP contribution in [0.4, 0.5) is 0 Å². The van der Waals surface area contributed by atoms with Crippen molar-refractivity contribution in [2.45, 2.75) is 13.1 Å². The minimum atomic E-state index is -0.258. The van der Waals surface area contributed by atoms with Gasteiger partial charge in [0, 0.05) is 7.05 Å². The molecule has 0 bridgehead atoms. The molecule has 1 aromatic rings. The second-order valence-corrected chi connectivity index (χ2v) is 4.26. The first-order valence-corrected chi connectivity index (χ1v) is 5.25. The molecule has 0 saturated carbocycles. The van der Waals surface area contributed by atoms with E-state index in [1.165, 1.54) is 0 Å². The quantitative estimate of drug-likeness (QED) is 0.742. The molecular weight excluding hydrogens is 206 g/mol. The first-order chi connectivity index (χ1) is 7.50. The highest BCUT2D eigenvalue weighted by atomic mass is 16.6. The van der Waals surface area contributed by atoms with Crippen molar-refractivity contribution in [3.63, 3.8) is 0 Å². The molecule has 2 heterocycles. The second kappa shape index (κ2) is 3.62. The summed E-state index contributed by atoms with van der Waals surface area (Å²) in [4.78, 5) is 1.99. The lowest BCUT2D eigenvalue weighted by Crippen LogP contribution is -2.44. The molecule has 5 heteroatoms. The molecule has 0 aliphatic carbocycles. The van der Waals surface area contributed by atoms with E-state index in [9.17, 15) is 5.21 Å². The Balaban J connectivity index is 2.45. The van der Waals surface area contributed by atoms with Gasteiger partial charge in [0.25, 0.3) is 6.17 Å². The lowest BCUT2D eigenvalue weighted by Gasteiger charge is -2.30. The van der Waals surface area contributed by atoms with Gasteiger partial charge in [-0.1, -0.05) is 0 Å². The van der Waals surface area contributed by atoms with Crippen LogP contribution in [0.1, 0.15) is 18.8 Å². The number of likely N-dealkylation sites (N-methyl/N-ethyl adjacent to an activating group) is 1. The van der Waals surface area contributed by atoms with Crippen molar-refractivity contribution in [3.8, 4) is 0 Å². The van der Waals surface area contributed by atoms with Gasteiger partial charge in [-0.05, 0) is 19.1 Å². The molecule has 0 aromatic carbocycles. The summed E-state index contributed by atoms with van der Waals surface area (Å²) in [5, 5.41) is 10.5. The molecule has 2 unspecified atom stereocenters. The smallest absolute Gasteiger partial charge is 0.258 e. The number of rotatable bonds is 2. The minimum absolute atomic E-state index is 0.256. The molecule has 0 amide bonds. The third-order valence-corrected chi connectivity index (χ3v) is 3.33. The summed E-state index contributed by atoms with van der Waals surface area (Å²) in [6.07, 6.45) is 1.35.